The number of ether oxygens (including phenoxy) is 2. The summed E-state index contributed by atoms with van der Waals surface area (Å²) >= 11 is 0. The number of terminal acetylenes is 1. The molecule has 0 fully saturated rings. The zero-order chi connectivity index (χ0) is 11.1. The van der Waals surface area contributed by atoms with Gasteiger partial charge in [-0.05, 0) is 26.0 Å². The van der Waals surface area contributed by atoms with E-state index in [9.17, 15) is 0 Å². The molecule has 0 spiro atoms. The van der Waals surface area contributed by atoms with Gasteiger partial charge in [0.15, 0.2) is 0 Å². The van der Waals surface area contributed by atoms with E-state index in [0.717, 1.165) is 5.75 Å². The molecule has 1 rings (SSSR count). The largest absolute Gasteiger partial charge is 0.491 e. The van der Waals surface area contributed by atoms with Crippen LogP contribution in [0.5, 0.6) is 5.75 Å². The van der Waals surface area contributed by atoms with Crippen LogP contribution in [0.25, 0.3) is 0 Å². The van der Waals surface area contributed by atoms with Crippen LogP contribution in [0.15, 0.2) is 24.5 Å². The van der Waals surface area contributed by atoms with Crippen LogP contribution in [0.2, 0.25) is 0 Å². The van der Waals surface area contributed by atoms with Crippen molar-refractivity contribution < 1.29 is 9.47 Å². The number of hydrogen-bond acceptors (Lipinski definition) is 3. The summed E-state index contributed by atoms with van der Waals surface area (Å²) in [6, 6.07) is 3.60. The van der Waals surface area contributed by atoms with E-state index in [1.54, 1.807) is 24.5 Å². The molecule has 80 valence electrons. The highest BCUT2D eigenvalue weighted by Gasteiger charge is 2.13. The normalized spacial score (nSPS) is 10.7. The van der Waals surface area contributed by atoms with Crippen LogP contribution in [0, 0.1) is 12.3 Å². The molecule has 0 atom stereocenters. The van der Waals surface area contributed by atoms with Gasteiger partial charge in [-0.1, -0.05) is 5.92 Å². The minimum atomic E-state index is -0.526. The summed E-state index contributed by atoms with van der Waals surface area (Å²) in [5, 5.41) is 0. The monoisotopic (exact) mass is 205 g/mol. The van der Waals surface area contributed by atoms with Crippen molar-refractivity contribution in [2.24, 2.45) is 0 Å². The Hall–Kier alpha value is -1.53. The third kappa shape index (κ3) is 4.48. The molecule has 0 bridgehead atoms. The Morgan fingerprint density at radius 3 is 2.60 bits per heavy atom. The highest BCUT2D eigenvalue weighted by Crippen LogP contribution is 2.08. The molecule has 0 aliphatic rings. The number of nitrogens with zero attached hydrogens (tertiary/aromatic N) is 1. The smallest absolute Gasteiger partial charge is 0.123 e. The zero-order valence-corrected chi connectivity index (χ0v) is 9.06. The first-order valence-electron chi connectivity index (χ1n) is 4.78. The van der Waals surface area contributed by atoms with Gasteiger partial charge < -0.3 is 9.47 Å². The van der Waals surface area contributed by atoms with Gasteiger partial charge in [-0.3, -0.25) is 4.98 Å². The van der Waals surface area contributed by atoms with Crippen molar-refractivity contribution in [3.05, 3.63) is 24.5 Å². The Labute approximate surface area is 90.4 Å². The summed E-state index contributed by atoms with van der Waals surface area (Å²) in [5.41, 5.74) is -0.526. The second-order valence-corrected chi connectivity index (χ2v) is 3.53. The third-order valence-corrected chi connectivity index (χ3v) is 1.81. The van der Waals surface area contributed by atoms with Gasteiger partial charge in [0, 0.05) is 12.4 Å². The molecule has 0 aromatic carbocycles. The molecule has 0 unspecified atom stereocenters. The average Bonchev–Trinajstić information content (AvgIpc) is 2.26. The average molecular weight is 205 g/mol. The van der Waals surface area contributed by atoms with Crippen LogP contribution < -0.4 is 4.74 Å². The van der Waals surface area contributed by atoms with E-state index < -0.39 is 5.60 Å². The molecule has 3 heteroatoms. The molecule has 1 aromatic heterocycles. The minimum Gasteiger partial charge on any atom is -0.491 e. The summed E-state index contributed by atoms with van der Waals surface area (Å²) in [4.78, 5) is 3.89. The topological polar surface area (TPSA) is 31.4 Å². The molecule has 0 amide bonds. The Morgan fingerprint density at radius 2 is 2.00 bits per heavy atom. The Bertz CT molecular complexity index is 327. The van der Waals surface area contributed by atoms with Crippen LogP contribution in [0.1, 0.15) is 13.8 Å². The molecule has 1 heterocycles. The highest BCUT2D eigenvalue weighted by molar-refractivity contribution is 5.16. The van der Waals surface area contributed by atoms with Crippen molar-refractivity contribution in [2.45, 2.75) is 19.4 Å². The first kappa shape index (κ1) is 11.5. The van der Waals surface area contributed by atoms with E-state index in [2.05, 4.69) is 10.9 Å². The highest BCUT2D eigenvalue weighted by atomic mass is 16.5. The van der Waals surface area contributed by atoms with Gasteiger partial charge in [-0.15, -0.1) is 6.42 Å². The lowest BCUT2D eigenvalue weighted by Crippen LogP contribution is -2.24. The molecule has 0 radical (unpaired) electrons. The fourth-order valence-electron chi connectivity index (χ4n) is 0.932. The Balaban J connectivity index is 2.21. The van der Waals surface area contributed by atoms with E-state index in [-0.39, 0.29) is 0 Å². The molecule has 0 saturated carbocycles. The van der Waals surface area contributed by atoms with Crippen molar-refractivity contribution in [1.82, 2.24) is 4.98 Å². The van der Waals surface area contributed by atoms with Crippen LogP contribution in [-0.2, 0) is 4.74 Å². The van der Waals surface area contributed by atoms with Crippen molar-refractivity contribution in [3.63, 3.8) is 0 Å². The first-order valence-corrected chi connectivity index (χ1v) is 4.78. The van der Waals surface area contributed by atoms with E-state index in [1.165, 1.54) is 0 Å². The van der Waals surface area contributed by atoms with Gasteiger partial charge in [-0.25, -0.2) is 0 Å². The SMILES string of the molecule is C#CC(C)(C)OCCOc1ccncc1. The molecule has 1 aromatic rings. The second-order valence-electron chi connectivity index (χ2n) is 3.53. The fourth-order valence-corrected chi connectivity index (χ4v) is 0.932. The van der Waals surface area contributed by atoms with Crippen LogP contribution >= 0.6 is 0 Å². The molecule has 15 heavy (non-hydrogen) atoms. The van der Waals surface area contributed by atoms with E-state index in [1.807, 2.05) is 13.8 Å². The summed E-state index contributed by atoms with van der Waals surface area (Å²) in [6.07, 6.45) is 8.64. The quantitative estimate of drug-likeness (QED) is 0.543. The molecule has 0 saturated heterocycles. The van der Waals surface area contributed by atoms with E-state index in [0.29, 0.717) is 13.2 Å². The van der Waals surface area contributed by atoms with Crippen molar-refractivity contribution in [3.8, 4) is 18.1 Å². The van der Waals surface area contributed by atoms with Gasteiger partial charge in [0.2, 0.25) is 0 Å². The summed E-state index contributed by atoms with van der Waals surface area (Å²) in [7, 11) is 0. The Kier molecular flexibility index (Phi) is 4.14. The predicted octanol–water partition coefficient (Wildman–Crippen LogP) is 1.89. The summed E-state index contributed by atoms with van der Waals surface area (Å²) < 4.78 is 10.8. The maximum Gasteiger partial charge on any atom is 0.123 e. The fraction of sp³-hybridized carbons (Fsp3) is 0.417. The number of rotatable bonds is 5. The molecular weight excluding hydrogens is 190 g/mol. The number of aromatic nitrogens is 1. The molecule has 3 nitrogen and oxygen atoms in total. The van der Waals surface area contributed by atoms with Crippen molar-refractivity contribution >= 4 is 0 Å². The first-order chi connectivity index (χ1) is 7.14. The van der Waals surface area contributed by atoms with Crippen molar-refractivity contribution in [2.75, 3.05) is 13.2 Å². The van der Waals surface area contributed by atoms with E-state index >= 15 is 0 Å². The molecule has 0 aliphatic heterocycles. The summed E-state index contributed by atoms with van der Waals surface area (Å²) in [6.45, 7) is 4.65. The molecule has 0 N–H and O–H groups in total. The van der Waals surface area contributed by atoms with Crippen LogP contribution in [0.3, 0.4) is 0 Å². The van der Waals surface area contributed by atoms with E-state index in [4.69, 9.17) is 15.9 Å². The van der Waals surface area contributed by atoms with Gasteiger partial charge in [0.05, 0.1) is 6.61 Å². The standard InChI is InChI=1S/C12H15NO2/c1-4-12(2,3)15-10-9-14-11-5-7-13-8-6-11/h1,5-8H,9-10H2,2-3H3. The van der Waals surface area contributed by atoms with Gasteiger partial charge in [0.25, 0.3) is 0 Å². The number of hydrogen-bond donors (Lipinski definition) is 0. The van der Waals surface area contributed by atoms with Crippen LogP contribution in [0.4, 0.5) is 0 Å². The maximum atomic E-state index is 5.42. The van der Waals surface area contributed by atoms with Crippen molar-refractivity contribution in [1.29, 1.82) is 0 Å². The zero-order valence-electron chi connectivity index (χ0n) is 9.06. The van der Waals surface area contributed by atoms with Crippen LogP contribution in [-0.4, -0.2) is 23.8 Å². The predicted molar refractivity (Wildman–Crippen MR) is 58.6 cm³/mol. The van der Waals surface area contributed by atoms with Gasteiger partial charge >= 0.3 is 0 Å². The maximum absolute atomic E-state index is 5.42. The number of pyridine rings is 1. The van der Waals surface area contributed by atoms with Gasteiger partial charge in [0.1, 0.15) is 18.0 Å². The third-order valence-electron chi connectivity index (χ3n) is 1.81. The lowest BCUT2D eigenvalue weighted by atomic mass is 10.1. The Morgan fingerprint density at radius 1 is 1.33 bits per heavy atom. The van der Waals surface area contributed by atoms with Gasteiger partial charge in [-0.2, -0.15) is 0 Å². The molecular formula is C12H15NO2. The lowest BCUT2D eigenvalue weighted by Gasteiger charge is -2.18. The summed E-state index contributed by atoms with van der Waals surface area (Å²) in [5.74, 6) is 3.34. The molecule has 0 aliphatic carbocycles. The lowest BCUT2D eigenvalue weighted by molar-refractivity contribution is 0.0105. The second kappa shape index (κ2) is 5.38. The minimum absolute atomic E-state index is 0.472.